The SMILES string of the molecule is C(=C\c1cc[n+](CCCCC[n+]2ccc(/C=C/c3ccc(N(c4ccccc4)c4ccccc4)cc3)c3ccccc32)c2ccccc12)/c1ccc(N(c2ccccc2)c2ccccc2)cc1. The minimum absolute atomic E-state index is 0.984. The van der Waals surface area contributed by atoms with E-state index in [2.05, 4.69) is 286 Å². The van der Waals surface area contributed by atoms with Crippen LogP contribution < -0.4 is 18.9 Å². The molecule has 0 aliphatic rings. The molecular formula is C63H54N4+2. The van der Waals surface area contributed by atoms with E-state index in [-0.39, 0.29) is 0 Å². The van der Waals surface area contributed by atoms with Crippen LogP contribution in [0.15, 0.2) is 243 Å². The minimum atomic E-state index is 0.984. The Kier molecular flexibility index (Phi) is 13.1. The molecule has 0 atom stereocenters. The molecule has 0 saturated heterocycles. The number of hydrogen-bond acceptors (Lipinski definition) is 2. The van der Waals surface area contributed by atoms with E-state index in [9.17, 15) is 0 Å². The van der Waals surface area contributed by atoms with E-state index in [1.54, 1.807) is 0 Å². The smallest absolute Gasteiger partial charge is 0.213 e. The predicted octanol–water partition coefficient (Wildman–Crippen LogP) is 15.7. The van der Waals surface area contributed by atoms with E-state index in [1.807, 2.05) is 0 Å². The topological polar surface area (TPSA) is 14.2 Å². The number of pyridine rings is 2. The summed E-state index contributed by atoms with van der Waals surface area (Å²) >= 11 is 0. The molecule has 10 rings (SSSR count). The molecule has 0 aliphatic heterocycles. The maximum Gasteiger partial charge on any atom is 0.213 e. The number of anilines is 6. The Balaban J connectivity index is 0.768. The molecule has 0 unspecified atom stereocenters. The molecule has 0 spiro atoms. The molecule has 0 radical (unpaired) electrons. The Morgan fingerprint density at radius 3 is 0.955 bits per heavy atom. The zero-order valence-electron chi connectivity index (χ0n) is 37.7. The van der Waals surface area contributed by atoms with Crippen LogP contribution in [0, 0.1) is 0 Å². The summed E-state index contributed by atoms with van der Waals surface area (Å²) in [4.78, 5) is 4.59. The zero-order chi connectivity index (χ0) is 45.0. The molecule has 0 N–H and O–H groups in total. The van der Waals surface area contributed by atoms with Crippen LogP contribution in [0.4, 0.5) is 34.1 Å². The second kappa shape index (κ2) is 20.7. The molecule has 0 bridgehead atoms. The Morgan fingerprint density at radius 2 is 0.597 bits per heavy atom. The van der Waals surface area contributed by atoms with E-state index in [0.717, 1.165) is 66.5 Å². The first-order valence-electron chi connectivity index (χ1n) is 23.4. The lowest BCUT2D eigenvalue weighted by Crippen LogP contribution is -2.35. The molecule has 0 aliphatic carbocycles. The van der Waals surface area contributed by atoms with E-state index < -0.39 is 0 Å². The molecule has 2 aromatic heterocycles. The van der Waals surface area contributed by atoms with Crippen molar-refractivity contribution in [1.29, 1.82) is 0 Å². The molecule has 2 heterocycles. The number of nitrogens with zero attached hydrogens (tertiary/aromatic N) is 4. The van der Waals surface area contributed by atoms with Gasteiger partial charge in [-0.25, -0.2) is 0 Å². The number of rotatable bonds is 16. The van der Waals surface area contributed by atoms with Gasteiger partial charge in [-0.15, -0.1) is 0 Å². The second-order valence-corrected chi connectivity index (χ2v) is 16.9. The average Bonchev–Trinajstić information content (AvgIpc) is 3.40. The van der Waals surface area contributed by atoms with Crippen molar-refractivity contribution in [2.75, 3.05) is 9.80 Å². The minimum Gasteiger partial charge on any atom is -0.311 e. The molecule has 10 aromatic rings. The monoisotopic (exact) mass is 866 g/mol. The molecule has 0 saturated carbocycles. The van der Waals surface area contributed by atoms with Crippen molar-refractivity contribution in [3.63, 3.8) is 0 Å². The summed E-state index contributed by atoms with van der Waals surface area (Å²) < 4.78 is 4.84. The Bertz CT molecular complexity index is 2940. The standard InChI is InChI=1S/C63H54N4/c1-6-20-54(21-7-1)66(55-22-8-2-9-23-55)58-40-34-50(35-41-58)32-38-52-44-48-64(62-30-16-14-28-60(52)62)46-18-5-19-47-65-49-45-53(61-29-15-17-31-63(61)65)39-33-51-36-42-59(43-37-51)67(56-24-10-3-11-25-56)57-26-12-4-13-27-57/h1-4,6-17,20-45,48-49H,5,18-19,46-47H2/q+2. The van der Waals surface area contributed by atoms with E-state index >= 15 is 0 Å². The fourth-order valence-corrected chi connectivity index (χ4v) is 9.08. The third-order valence-corrected chi connectivity index (χ3v) is 12.5. The first-order valence-corrected chi connectivity index (χ1v) is 23.4. The fourth-order valence-electron chi connectivity index (χ4n) is 9.08. The van der Waals surface area contributed by atoms with Gasteiger partial charge in [0.25, 0.3) is 0 Å². The van der Waals surface area contributed by atoms with Gasteiger partial charge in [-0.2, -0.15) is 9.13 Å². The van der Waals surface area contributed by atoms with Crippen LogP contribution in [-0.4, -0.2) is 0 Å². The molecular weight excluding hydrogens is 813 g/mol. The van der Waals surface area contributed by atoms with E-state index in [0.29, 0.717) is 0 Å². The van der Waals surface area contributed by atoms with Gasteiger partial charge in [0.2, 0.25) is 11.0 Å². The number of aromatic nitrogens is 2. The van der Waals surface area contributed by atoms with Crippen molar-refractivity contribution in [2.45, 2.75) is 32.4 Å². The lowest BCUT2D eigenvalue weighted by Gasteiger charge is -2.25. The highest BCUT2D eigenvalue weighted by Crippen LogP contribution is 2.36. The van der Waals surface area contributed by atoms with Crippen LogP contribution >= 0.6 is 0 Å². The summed E-state index contributed by atoms with van der Waals surface area (Å²) in [6.45, 7) is 1.97. The molecule has 324 valence electrons. The summed E-state index contributed by atoms with van der Waals surface area (Å²) in [7, 11) is 0. The lowest BCUT2D eigenvalue weighted by atomic mass is 10.1. The van der Waals surface area contributed by atoms with Crippen LogP contribution in [-0.2, 0) is 13.1 Å². The second-order valence-electron chi connectivity index (χ2n) is 16.9. The van der Waals surface area contributed by atoms with Crippen molar-refractivity contribution in [1.82, 2.24) is 0 Å². The van der Waals surface area contributed by atoms with Gasteiger partial charge in [-0.1, -0.05) is 146 Å². The van der Waals surface area contributed by atoms with Crippen molar-refractivity contribution < 1.29 is 9.13 Å². The Labute approximate surface area is 394 Å². The highest BCUT2D eigenvalue weighted by atomic mass is 15.1. The number of fused-ring (bicyclic) bond motifs is 2. The summed E-state index contributed by atoms with van der Waals surface area (Å²) in [5, 5.41) is 2.53. The predicted molar refractivity (Wildman–Crippen MR) is 282 cm³/mol. The first-order chi connectivity index (χ1) is 33.2. The quantitative estimate of drug-likeness (QED) is 0.0710. The zero-order valence-corrected chi connectivity index (χ0v) is 37.7. The number of aryl methyl sites for hydroxylation is 2. The highest BCUT2D eigenvalue weighted by molar-refractivity contribution is 5.90. The summed E-state index contributed by atoms with van der Waals surface area (Å²) in [5.74, 6) is 0. The summed E-state index contributed by atoms with van der Waals surface area (Å²) in [5.41, 5.74) is 14.1. The molecule has 67 heavy (non-hydrogen) atoms. The van der Waals surface area contributed by atoms with Gasteiger partial charge in [0.15, 0.2) is 12.4 Å². The molecule has 0 fully saturated rings. The first kappa shape index (κ1) is 42.6. The van der Waals surface area contributed by atoms with Crippen molar-refractivity contribution in [3.05, 3.63) is 265 Å². The van der Waals surface area contributed by atoms with Gasteiger partial charge in [-0.05, 0) is 114 Å². The Morgan fingerprint density at radius 1 is 0.284 bits per heavy atom. The fraction of sp³-hybridized carbons (Fsp3) is 0.0794. The van der Waals surface area contributed by atoms with Crippen molar-refractivity contribution in [3.8, 4) is 0 Å². The van der Waals surface area contributed by atoms with Crippen LogP contribution in [0.5, 0.6) is 0 Å². The number of benzene rings is 8. The van der Waals surface area contributed by atoms with Crippen molar-refractivity contribution in [2.24, 2.45) is 0 Å². The van der Waals surface area contributed by atoms with Gasteiger partial charge in [0.05, 0.1) is 10.8 Å². The summed E-state index contributed by atoms with van der Waals surface area (Å²) in [6, 6.07) is 81.9. The van der Waals surface area contributed by atoms with Gasteiger partial charge >= 0.3 is 0 Å². The van der Waals surface area contributed by atoms with Crippen molar-refractivity contribution >= 4 is 80.2 Å². The number of para-hydroxylation sites is 6. The van der Waals surface area contributed by atoms with Gasteiger partial charge in [0.1, 0.15) is 13.1 Å². The maximum absolute atomic E-state index is 2.42. The van der Waals surface area contributed by atoms with Crippen LogP contribution in [0.1, 0.15) is 41.5 Å². The normalized spacial score (nSPS) is 11.5. The summed E-state index contributed by atoms with van der Waals surface area (Å²) in [6.07, 6.45) is 16.8. The Hall–Kier alpha value is -8.34. The van der Waals surface area contributed by atoms with Crippen LogP contribution in [0.25, 0.3) is 46.1 Å². The molecule has 0 amide bonds. The maximum atomic E-state index is 2.42. The molecule has 4 heteroatoms. The highest BCUT2D eigenvalue weighted by Gasteiger charge is 2.16. The van der Waals surface area contributed by atoms with E-state index in [1.165, 1.54) is 44.1 Å². The van der Waals surface area contributed by atoms with Crippen LogP contribution in [0.2, 0.25) is 0 Å². The average molecular weight is 867 g/mol. The van der Waals surface area contributed by atoms with Gasteiger partial charge in [0, 0.05) is 71.2 Å². The molecule has 8 aromatic carbocycles. The van der Waals surface area contributed by atoms with Gasteiger partial charge in [-0.3, -0.25) is 0 Å². The third-order valence-electron chi connectivity index (χ3n) is 12.5. The van der Waals surface area contributed by atoms with Crippen LogP contribution in [0.3, 0.4) is 0 Å². The molecule has 4 nitrogen and oxygen atoms in total. The number of unbranched alkanes of at least 4 members (excludes halogenated alkanes) is 2. The van der Waals surface area contributed by atoms with Gasteiger partial charge < -0.3 is 9.80 Å². The lowest BCUT2D eigenvalue weighted by molar-refractivity contribution is -0.675. The number of hydrogen-bond donors (Lipinski definition) is 0. The third kappa shape index (κ3) is 10.00. The largest absolute Gasteiger partial charge is 0.311 e. The van der Waals surface area contributed by atoms with E-state index in [4.69, 9.17) is 0 Å².